The molecule has 3 N–H and O–H groups in total. The van der Waals surface area contributed by atoms with Crippen molar-refractivity contribution in [1.29, 1.82) is 0 Å². The number of nitrogen functional groups attached to an aromatic ring is 1. The maximum atomic E-state index is 11.8. The lowest BCUT2D eigenvalue weighted by Gasteiger charge is -2.12. The summed E-state index contributed by atoms with van der Waals surface area (Å²) in [6.45, 7) is 7.48. The molecule has 0 saturated heterocycles. The van der Waals surface area contributed by atoms with Gasteiger partial charge in [0.05, 0.1) is 29.6 Å². The Morgan fingerprint density at radius 1 is 1.13 bits per heavy atom. The molecule has 1 heterocycles. The van der Waals surface area contributed by atoms with Gasteiger partial charge in [-0.3, -0.25) is 5.32 Å². The van der Waals surface area contributed by atoms with Crippen molar-refractivity contribution in [2.75, 3.05) is 31.4 Å². The molecule has 3 aromatic rings. The van der Waals surface area contributed by atoms with Gasteiger partial charge in [-0.2, -0.15) is 0 Å². The fraction of sp³-hybridized carbons (Fsp3) is 0.348. The van der Waals surface area contributed by atoms with Crippen molar-refractivity contribution >= 4 is 28.4 Å². The SMILES string of the molecule is CCn1c(-c2ccc(NC(=O)OC(C)C)cc2)c(N)c2ccc(OCCOC)cc21. The minimum absolute atomic E-state index is 0.173. The Balaban J connectivity index is 1.91. The summed E-state index contributed by atoms with van der Waals surface area (Å²) < 4.78 is 18.1. The van der Waals surface area contributed by atoms with Crippen LogP contribution in [0, 0.1) is 0 Å². The van der Waals surface area contributed by atoms with Crippen LogP contribution in [0.15, 0.2) is 42.5 Å². The second-order valence-electron chi connectivity index (χ2n) is 7.18. The molecule has 7 nitrogen and oxygen atoms in total. The smallest absolute Gasteiger partial charge is 0.411 e. The molecule has 7 heteroatoms. The Bertz CT molecular complexity index is 1010. The highest BCUT2D eigenvalue weighted by atomic mass is 16.6. The second-order valence-corrected chi connectivity index (χ2v) is 7.18. The van der Waals surface area contributed by atoms with E-state index in [0.717, 1.165) is 40.1 Å². The normalized spacial score (nSPS) is 11.1. The number of hydrogen-bond donors (Lipinski definition) is 2. The first kappa shape index (κ1) is 21.5. The number of aromatic nitrogens is 1. The summed E-state index contributed by atoms with van der Waals surface area (Å²) in [4.78, 5) is 11.8. The zero-order valence-electron chi connectivity index (χ0n) is 17.9. The van der Waals surface area contributed by atoms with E-state index in [1.54, 1.807) is 7.11 Å². The number of nitrogens with one attached hydrogen (secondary N) is 1. The van der Waals surface area contributed by atoms with Crippen LogP contribution in [0.4, 0.5) is 16.2 Å². The molecule has 0 spiro atoms. The van der Waals surface area contributed by atoms with Crippen LogP contribution >= 0.6 is 0 Å². The van der Waals surface area contributed by atoms with Gasteiger partial charge in [-0.05, 0) is 45.0 Å². The molecule has 0 bridgehead atoms. The molecule has 30 heavy (non-hydrogen) atoms. The Labute approximate surface area is 176 Å². The molecule has 0 unspecified atom stereocenters. The van der Waals surface area contributed by atoms with Gasteiger partial charge in [-0.25, -0.2) is 4.79 Å². The highest BCUT2D eigenvalue weighted by molar-refractivity contribution is 6.01. The number of nitrogens with zero attached hydrogens (tertiary/aromatic N) is 1. The van der Waals surface area contributed by atoms with Crippen LogP contribution in [0.2, 0.25) is 0 Å². The summed E-state index contributed by atoms with van der Waals surface area (Å²) in [5.41, 5.74) is 10.8. The second kappa shape index (κ2) is 9.54. The molecule has 1 aromatic heterocycles. The molecule has 160 valence electrons. The third kappa shape index (κ3) is 4.68. The number of anilines is 2. The third-order valence-corrected chi connectivity index (χ3v) is 4.70. The van der Waals surface area contributed by atoms with Crippen LogP contribution in [0.25, 0.3) is 22.2 Å². The molecule has 0 fully saturated rings. The van der Waals surface area contributed by atoms with Crippen molar-refractivity contribution in [2.24, 2.45) is 0 Å². The van der Waals surface area contributed by atoms with E-state index < -0.39 is 6.09 Å². The molecular formula is C23H29N3O4. The van der Waals surface area contributed by atoms with Gasteiger partial charge in [0.2, 0.25) is 0 Å². The maximum absolute atomic E-state index is 11.8. The number of carbonyl (C=O) groups excluding carboxylic acids is 1. The molecule has 0 aliphatic carbocycles. The van der Waals surface area contributed by atoms with E-state index in [9.17, 15) is 4.79 Å². The van der Waals surface area contributed by atoms with Crippen LogP contribution < -0.4 is 15.8 Å². The topological polar surface area (TPSA) is 87.7 Å². The lowest BCUT2D eigenvalue weighted by atomic mass is 10.1. The van der Waals surface area contributed by atoms with E-state index in [1.807, 2.05) is 56.3 Å². The predicted octanol–water partition coefficient (Wildman–Crippen LogP) is 4.89. The van der Waals surface area contributed by atoms with E-state index in [2.05, 4.69) is 16.8 Å². The van der Waals surface area contributed by atoms with Crippen LogP contribution in [-0.2, 0) is 16.0 Å². The van der Waals surface area contributed by atoms with Crippen molar-refractivity contribution < 1.29 is 19.0 Å². The number of fused-ring (bicyclic) bond motifs is 1. The van der Waals surface area contributed by atoms with Crippen molar-refractivity contribution in [1.82, 2.24) is 4.57 Å². The molecule has 0 radical (unpaired) electrons. The number of hydrogen-bond acceptors (Lipinski definition) is 5. The van der Waals surface area contributed by atoms with Gasteiger partial charge in [-0.15, -0.1) is 0 Å². The molecule has 3 rings (SSSR count). The number of amides is 1. The lowest BCUT2D eigenvalue weighted by molar-refractivity contribution is 0.130. The van der Waals surface area contributed by atoms with Crippen molar-refractivity contribution in [2.45, 2.75) is 33.4 Å². The van der Waals surface area contributed by atoms with E-state index in [4.69, 9.17) is 19.9 Å². The van der Waals surface area contributed by atoms with Crippen molar-refractivity contribution in [3.05, 3.63) is 42.5 Å². The summed E-state index contributed by atoms with van der Waals surface area (Å²) in [5, 5.41) is 3.71. The Kier molecular flexibility index (Phi) is 6.84. The van der Waals surface area contributed by atoms with Gasteiger partial charge < -0.3 is 24.5 Å². The van der Waals surface area contributed by atoms with E-state index >= 15 is 0 Å². The predicted molar refractivity (Wildman–Crippen MR) is 120 cm³/mol. The molecule has 0 aliphatic heterocycles. The summed E-state index contributed by atoms with van der Waals surface area (Å²) in [6, 6.07) is 13.5. The first-order valence-electron chi connectivity index (χ1n) is 10.1. The number of nitrogens with two attached hydrogens (primary N) is 1. The Morgan fingerprint density at radius 3 is 2.50 bits per heavy atom. The van der Waals surface area contributed by atoms with E-state index in [0.29, 0.717) is 18.9 Å². The fourth-order valence-electron chi connectivity index (χ4n) is 3.40. The van der Waals surface area contributed by atoms with Crippen LogP contribution in [-0.4, -0.2) is 37.1 Å². The van der Waals surface area contributed by atoms with Gasteiger partial charge in [-0.1, -0.05) is 12.1 Å². The first-order valence-corrected chi connectivity index (χ1v) is 10.1. The van der Waals surface area contributed by atoms with Crippen LogP contribution in [0.3, 0.4) is 0 Å². The number of methoxy groups -OCH3 is 1. The minimum Gasteiger partial charge on any atom is -0.491 e. The van der Waals surface area contributed by atoms with Crippen LogP contribution in [0.5, 0.6) is 5.75 Å². The minimum atomic E-state index is -0.471. The molecular weight excluding hydrogens is 382 g/mol. The van der Waals surface area contributed by atoms with Gasteiger partial charge in [0.1, 0.15) is 12.4 Å². The Hall–Kier alpha value is -3.19. The fourth-order valence-corrected chi connectivity index (χ4v) is 3.40. The summed E-state index contributed by atoms with van der Waals surface area (Å²) in [6.07, 6.45) is -0.645. The average Bonchev–Trinajstić information content (AvgIpc) is 2.99. The number of benzene rings is 2. The average molecular weight is 412 g/mol. The zero-order valence-corrected chi connectivity index (χ0v) is 17.9. The summed E-state index contributed by atoms with van der Waals surface area (Å²) in [5.74, 6) is 0.779. The zero-order chi connectivity index (χ0) is 21.7. The van der Waals surface area contributed by atoms with Gasteiger partial charge in [0.25, 0.3) is 0 Å². The number of carbonyl (C=O) groups is 1. The van der Waals surface area contributed by atoms with Crippen molar-refractivity contribution in [3.63, 3.8) is 0 Å². The monoisotopic (exact) mass is 411 g/mol. The van der Waals surface area contributed by atoms with Gasteiger partial charge in [0.15, 0.2) is 0 Å². The van der Waals surface area contributed by atoms with Crippen LogP contribution in [0.1, 0.15) is 20.8 Å². The van der Waals surface area contributed by atoms with E-state index in [1.165, 1.54) is 0 Å². The summed E-state index contributed by atoms with van der Waals surface area (Å²) >= 11 is 0. The highest BCUT2D eigenvalue weighted by Crippen LogP contribution is 2.38. The van der Waals surface area contributed by atoms with Crippen molar-refractivity contribution in [3.8, 4) is 17.0 Å². The molecule has 2 aromatic carbocycles. The number of rotatable bonds is 8. The third-order valence-electron chi connectivity index (χ3n) is 4.70. The molecule has 0 saturated carbocycles. The summed E-state index contributed by atoms with van der Waals surface area (Å²) in [7, 11) is 1.65. The number of aryl methyl sites for hydroxylation is 1. The molecule has 1 amide bonds. The lowest BCUT2D eigenvalue weighted by Crippen LogP contribution is -2.17. The van der Waals surface area contributed by atoms with Gasteiger partial charge >= 0.3 is 6.09 Å². The number of ether oxygens (including phenoxy) is 3. The molecule has 0 atom stereocenters. The maximum Gasteiger partial charge on any atom is 0.411 e. The standard InChI is InChI=1S/C23H29N3O4/c1-5-26-20-14-18(29-13-12-28-4)10-11-19(20)21(24)22(26)16-6-8-17(9-7-16)25-23(27)30-15(2)3/h6-11,14-15H,5,12-13,24H2,1-4H3,(H,25,27). The molecule has 0 aliphatic rings. The van der Waals surface area contributed by atoms with E-state index in [-0.39, 0.29) is 6.10 Å². The quantitative estimate of drug-likeness (QED) is 0.515. The largest absolute Gasteiger partial charge is 0.491 e. The first-order chi connectivity index (χ1) is 14.4. The van der Waals surface area contributed by atoms with Gasteiger partial charge in [0, 0.05) is 36.4 Å². The Morgan fingerprint density at radius 2 is 1.87 bits per heavy atom. The highest BCUT2D eigenvalue weighted by Gasteiger charge is 2.17.